The minimum Gasteiger partial charge on any atom is -0.550 e. The maximum Gasteiger partial charge on any atom is 0.283 e. The first-order valence-corrected chi connectivity index (χ1v) is 6.56. The number of carboxylic acid groups (broad SMARTS) is 1. The van der Waals surface area contributed by atoms with E-state index in [9.17, 15) is 14.7 Å². The van der Waals surface area contributed by atoms with Gasteiger partial charge < -0.3 is 25.0 Å². The Hall–Kier alpha value is -2.60. The molecule has 0 radical (unpaired) electrons. The van der Waals surface area contributed by atoms with Gasteiger partial charge in [0.15, 0.2) is 11.8 Å². The number of hydrogen-bond acceptors (Lipinski definition) is 4. The van der Waals surface area contributed by atoms with E-state index in [2.05, 4.69) is 5.32 Å². The SMILES string of the molecule is O=C([O-])C[C@H]([NH2+]Cc1ccco1)C(=O)Nc1ccccc1. The molecule has 0 saturated carbocycles. The Morgan fingerprint density at radius 2 is 1.95 bits per heavy atom. The van der Waals surface area contributed by atoms with Crippen LogP contribution < -0.4 is 15.7 Å². The summed E-state index contributed by atoms with van der Waals surface area (Å²) in [6.07, 6.45) is 1.17. The molecule has 0 fully saturated rings. The molecule has 2 aromatic rings. The Bertz CT molecular complexity index is 581. The second kappa shape index (κ2) is 7.25. The van der Waals surface area contributed by atoms with Crippen molar-refractivity contribution in [2.45, 2.75) is 19.0 Å². The number of quaternary nitrogens is 1. The number of carboxylic acids is 1. The number of carbonyl (C=O) groups is 2. The summed E-state index contributed by atoms with van der Waals surface area (Å²) in [6, 6.07) is 11.6. The number of rotatable bonds is 7. The van der Waals surface area contributed by atoms with E-state index in [1.54, 1.807) is 41.7 Å². The fraction of sp³-hybridized carbons (Fsp3) is 0.200. The Morgan fingerprint density at radius 3 is 2.57 bits per heavy atom. The number of anilines is 1. The number of nitrogens with one attached hydrogen (secondary N) is 1. The number of hydrogen-bond donors (Lipinski definition) is 2. The van der Waals surface area contributed by atoms with Crippen molar-refractivity contribution >= 4 is 17.6 Å². The zero-order chi connectivity index (χ0) is 15.1. The van der Waals surface area contributed by atoms with Crippen LogP contribution in [0.2, 0.25) is 0 Å². The third-order valence-corrected chi connectivity index (χ3v) is 2.95. The molecule has 6 heteroatoms. The van der Waals surface area contributed by atoms with Crippen molar-refractivity contribution in [1.82, 2.24) is 0 Å². The Morgan fingerprint density at radius 1 is 1.19 bits per heavy atom. The molecule has 0 spiro atoms. The van der Waals surface area contributed by atoms with E-state index in [1.807, 2.05) is 6.07 Å². The smallest absolute Gasteiger partial charge is 0.283 e. The predicted octanol–water partition coefficient (Wildman–Crippen LogP) is -0.510. The zero-order valence-electron chi connectivity index (χ0n) is 11.3. The summed E-state index contributed by atoms with van der Waals surface area (Å²) >= 11 is 0. The van der Waals surface area contributed by atoms with E-state index >= 15 is 0 Å². The summed E-state index contributed by atoms with van der Waals surface area (Å²) < 4.78 is 5.16. The van der Waals surface area contributed by atoms with Gasteiger partial charge in [-0.2, -0.15) is 0 Å². The van der Waals surface area contributed by atoms with Gasteiger partial charge in [0.05, 0.1) is 6.26 Å². The van der Waals surface area contributed by atoms with Crippen LogP contribution in [0.3, 0.4) is 0 Å². The highest BCUT2D eigenvalue weighted by atomic mass is 16.4. The molecule has 2 rings (SSSR count). The normalized spacial score (nSPS) is 11.8. The van der Waals surface area contributed by atoms with E-state index in [0.29, 0.717) is 18.0 Å². The summed E-state index contributed by atoms with van der Waals surface area (Å²) in [5.74, 6) is -0.971. The number of amides is 1. The lowest BCUT2D eigenvalue weighted by Gasteiger charge is -2.15. The first-order chi connectivity index (χ1) is 10.1. The lowest BCUT2D eigenvalue weighted by molar-refractivity contribution is -0.693. The highest BCUT2D eigenvalue weighted by molar-refractivity contribution is 5.95. The van der Waals surface area contributed by atoms with Crippen LogP contribution in [0.15, 0.2) is 53.1 Å². The van der Waals surface area contributed by atoms with Gasteiger partial charge in [-0.15, -0.1) is 0 Å². The first kappa shape index (κ1) is 14.8. The topological polar surface area (TPSA) is 99.0 Å². The zero-order valence-corrected chi connectivity index (χ0v) is 11.3. The van der Waals surface area contributed by atoms with Gasteiger partial charge in [0, 0.05) is 18.1 Å². The van der Waals surface area contributed by atoms with Gasteiger partial charge in [-0.05, 0) is 24.3 Å². The molecular weight excluding hydrogens is 272 g/mol. The lowest BCUT2D eigenvalue weighted by atomic mass is 10.1. The number of benzene rings is 1. The van der Waals surface area contributed by atoms with Crippen molar-refractivity contribution in [3.8, 4) is 0 Å². The van der Waals surface area contributed by atoms with Crippen molar-refractivity contribution in [2.75, 3.05) is 5.32 Å². The second-order valence-corrected chi connectivity index (χ2v) is 4.56. The fourth-order valence-electron chi connectivity index (χ4n) is 1.91. The molecule has 1 atom stereocenters. The van der Waals surface area contributed by atoms with Gasteiger partial charge in [0.1, 0.15) is 6.54 Å². The molecule has 3 N–H and O–H groups in total. The fourth-order valence-corrected chi connectivity index (χ4v) is 1.91. The van der Waals surface area contributed by atoms with Crippen LogP contribution in [0.4, 0.5) is 5.69 Å². The van der Waals surface area contributed by atoms with Crippen molar-refractivity contribution in [2.24, 2.45) is 0 Å². The van der Waals surface area contributed by atoms with Gasteiger partial charge in [-0.3, -0.25) is 4.79 Å². The van der Waals surface area contributed by atoms with Gasteiger partial charge >= 0.3 is 0 Å². The first-order valence-electron chi connectivity index (χ1n) is 6.56. The standard InChI is InChI=1S/C15H16N2O4/c18-14(19)9-13(16-10-12-7-4-8-21-12)15(20)17-11-5-2-1-3-6-11/h1-8,13,16H,9-10H2,(H,17,20)(H,18,19)/t13-/m0/s1. The minimum atomic E-state index is -1.26. The molecule has 1 heterocycles. The average Bonchev–Trinajstić information content (AvgIpc) is 2.97. The number of furan rings is 1. The molecule has 0 bridgehead atoms. The van der Waals surface area contributed by atoms with Crippen molar-refractivity contribution in [3.63, 3.8) is 0 Å². The maximum atomic E-state index is 12.1. The number of nitrogens with two attached hydrogens (primary N) is 1. The van der Waals surface area contributed by atoms with Crippen LogP contribution in [0.25, 0.3) is 0 Å². The third kappa shape index (κ3) is 4.77. The van der Waals surface area contributed by atoms with Crippen LogP contribution in [0.5, 0.6) is 0 Å². The van der Waals surface area contributed by atoms with Crippen molar-refractivity contribution < 1.29 is 24.4 Å². The molecule has 0 saturated heterocycles. The minimum absolute atomic E-state index is 0.362. The second-order valence-electron chi connectivity index (χ2n) is 4.56. The van der Waals surface area contributed by atoms with Crippen LogP contribution >= 0.6 is 0 Å². The van der Waals surface area contributed by atoms with Crippen molar-refractivity contribution in [1.29, 1.82) is 0 Å². The molecule has 0 aliphatic rings. The van der Waals surface area contributed by atoms with E-state index in [0.717, 1.165) is 0 Å². The van der Waals surface area contributed by atoms with E-state index in [1.165, 1.54) is 6.26 Å². The average molecular weight is 288 g/mol. The van der Waals surface area contributed by atoms with Crippen molar-refractivity contribution in [3.05, 3.63) is 54.5 Å². The largest absolute Gasteiger partial charge is 0.550 e. The van der Waals surface area contributed by atoms with E-state index < -0.39 is 12.0 Å². The Labute approximate surface area is 121 Å². The maximum absolute atomic E-state index is 12.1. The van der Waals surface area contributed by atoms with Gasteiger partial charge in [0.2, 0.25) is 0 Å². The van der Waals surface area contributed by atoms with E-state index in [-0.39, 0.29) is 12.3 Å². The predicted molar refractivity (Wildman–Crippen MR) is 72.8 cm³/mol. The van der Waals surface area contributed by atoms with Crippen LogP contribution in [-0.4, -0.2) is 17.9 Å². The Balaban J connectivity index is 1.97. The molecule has 21 heavy (non-hydrogen) atoms. The quantitative estimate of drug-likeness (QED) is 0.717. The van der Waals surface area contributed by atoms with Gasteiger partial charge in [-0.1, -0.05) is 18.2 Å². The summed E-state index contributed by atoms with van der Waals surface area (Å²) in [7, 11) is 0. The molecular formula is C15H16N2O4. The third-order valence-electron chi connectivity index (χ3n) is 2.95. The van der Waals surface area contributed by atoms with Crippen LogP contribution in [0.1, 0.15) is 12.2 Å². The number of para-hydroxylation sites is 1. The monoisotopic (exact) mass is 288 g/mol. The van der Waals surface area contributed by atoms with Crippen LogP contribution in [-0.2, 0) is 16.1 Å². The summed E-state index contributed by atoms with van der Waals surface area (Å²) in [4.78, 5) is 22.9. The number of carbonyl (C=O) groups excluding carboxylic acids is 2. The number of aliphatic carboxylic acids is 1. The summed E-state index contributed by atoms with van der Waals surface area (Å²) in [6.45, 7) is 0.382. The molecule has 1 aromatic heterocycles. The molecule has 1 aromatic carbocycles. The van der Waals surface area contributed by atoms with Crippen LogP contribution in [0, 0.1) is 0 Å². The van der Waals surface area contributed by atoms with Gasteiger partial charge in [0.25, 0.3) is 5.91 Å². The summed E-state index contributed by atoms with van der Waals surface area (Å²) in [5, 5.41) is 15.1. The molecule has 6 nitrogen and oxygen atoms in total. The highest BCUT2D eigenvalue weighted by Crippen LogP contribution is 2.05. The molecule has 0 aliphatic heterocycles. The molecule has 0 aliphatic carbocycles. The Kier molecular flexibility index (Phi) is 5.11. The van der Waals surface area contributed by atoms with Gasteiger partial charge in [-0.25, -0.2) is 0 Å². The molecule has 0 unspecified atom stereocenters. The highest BCUT2D eigenvalue weighted by Gasteiger charge is 2.22. The molecule has 110 valence electrons. The van der Waals surface area contributed by atoms with E-state index in [4.69, 9.17) is 4.42 Å². The molecule has 1 amide bonds. The lowest BCUT2D eigenvalue weighted by Crippen LogP contribution is -2.91. The summed E-state index contributed by atoms with van der Waals surface area (Å²) in [5.41, 5.74) is 0.622.